The van der Waals surface area contributed by atoms with Gasteiger partial charge in [0.25, 0.3) is 0 Å². The number of hydrogen-bond donors (Lipinski definition) is 4. The second kappa shape index (κ2) is 8.98. The summed E-state index contributed by atoms with van der Waals surface area (Å²) in [6.45, 7) is 0.0950. The maximum absolute atomic E-state index is 10.8. The molecule has 3 rings (SSSR count). The Labute approximate surface area is 140 Å². The van der Waals surface area contributed by atoms with Crippen molar-refractivity contribution >= 4 is 17.8 Å². The Morgan fingerprint density at radius 1 is 1.04 bits per heavy atom. The summed E-state index contributed by atoms with van der Waals surface area (Å²) in [7, 11) is 0. The Morgan fingerprint density at radius 2 is 1.75 bits per heavy atom. The molecule has 8 nitrogen and oxygen atoms in total. The monoisotopic (exact) mass is 342 g/mol. The van der Waals surface area contributed by atoms with E-state index in [1.165, 1.54) is 0 Å². The fraction of sp³-hybridized carbons (Fsp3) is 0.812. The number of amides is 2. The van der Waals surface area contributed by atoms with Gasteiger partial charge >= 0.3 is 5.97 Å². The SMILES string of the molecule is O=C1CCC(C(O)CCCO)N1.O=C1CCC(C2CCC(=O)O2)N1. The highest BCUT2D eigenvalue weighted by atomic mass is 16.6. The molecule has 0 spiro atoms. The quantitative estimate of drug-likeness (QED) is 0.493. The Morgan fingerprint density at radius 3 is 2.25 bits per heavy atom. The Kier molecular flexibility index (Phi) is 6.99. The molecule has 0 bridgehead atoms. The lowest BCUT2D eigenvalue weighted by Crippen LogP contribution is -2.36. The summed E-state index contributed by atoms with van der Waals surface area (Å²) in [5.41, 5.74) is 0. The van der Waals surface area contributed by atoms with Gasteiger partial charge in [0.2, 0.25) is 11.8 Å². The minimum atomic E-state index is -0.497. The van der Waals surface area contributed by atoms with Gasteiger partial charge in [-0.3, -0.25) is 14.4 Å². The molecule has 136 valence electrons. The van der Waals surface area contributed by atoms with Crippen molar-refractivity contribution in [3.05, 3.63) is 0 Å². The molecule has 3 heterocycles. The molecule has 0 radical (unpaired) electrons. The Bertz CT molecular complexity index is 445. The van der Waals surface area contributed by atoms with E-state index in [2.05, 4.69) is 10.6 Å². The van der Waals surface area contributed by atoms with Gasteiger partial charge in [-0.25, -0.2) is 0 Å². The van der Waals surface area contributed by atoms with Gasteiger partial charge in [-0.05, 0) is 32.1 Å². The zero-order valence-electron chi connectivity index (χ0n) is 13.7. The van der Waals surface area contributed by atoms with E-state index in [9.17, 15) is 19.5 Å². The third-order valence-corrected chi connectivity index (χ3v) is 4.54. The first-order valence-corrected chi connectivity index (χ1v) is 8.56. The maximum Gasteiger partial charge on any atom is 0.306 e. The van der Waals surface area contributed by atoms with Crippen LogP contribution in [0.25, 0.3) is 0 Å². The van der Waals surface area contributed by atoms with Crippen molar-refractivity contribution in [2.75, 3.05) is 6.61 Å². The van der Waals surface area contributed by atoms with Gasteiger partial charge in [-0.15, -0.1) is 0 Å². The topological polar surface area (TPSA) is 125 Å². The van der Waals surface area contributed by atoms with Crippen molar-refractivity contribution in [1.29, 1.82) is 0 Å². The Balaban J connectivity index is 0.000000174. The molecule has 4 unspecified atom stereocenters. The summed E-state index contributed by atoms with van der Waals surface area (Å²) in [5.74, 6) is -0.0489. The van der Waals surface area contributed by atoms with Gasteiger partial charge in [-0.2, -0.15) is 0 Å². The summed E-state index contributed by atoms with van der Waals surface area (Å²) in [6.07, 6.45) is 4.44. The summed E-state index contributed by atoms with van der Waals surface area (Å²) < 4.78 is 5.04. The molecular formula is C16H26N2O6. The summed E-state index contributed by atoms with van der Waals surface area (Å²) >= 11 is 0. The average molecular weight is 342 g/mol. The highest BCUT2D eigenvalue weighted by molar-refractivity contribution is 5.79. The highest BCUT2D eigenvalue weighted by Gasteiger charge is 2.35. The number of cyclic esters (lactones) is 1. The van der Waals surface area contributed by atoms with Gasteiger partial charge in [0.1, 0.15) is 6.10 Å². The van der Waals surface area contributed by atoms with E-state index in [-0.39, 0.29) is 42.6 Å². The number of ether oxygens (including phenoxy) is 1. The first kappa shape index (κ1) is 18.7. The van der Waals surface area contributed by atoms with E-state index < -0.39 is 6.10 Å². The van der Waals surface area contributed by atoms with Crippen molar-refractivity contribution < 1.29 is 29.3 Å². The normalized spacial score (nSPS) is 30.2. The van der Waals surface area contributed by atoms with Crippen LogP contribution in [0.1, 0.15) is 51.4 Å². The zero-order chi connectivity index (χ0) is 17.5. The third-order valence-electron chi connectivity index (χ3n) is 4.54. The van der Waals surface area contributed by atoms with Crippen LogP contribution in [0.5, 0.6) is 0 Å². The molecule has 0 aliphatic carbocycles. The van der Waals surface area contributed by atoms with Gasteiger partial charge in [-0.1, -0.05) is 0 Å². The van der Waals surface area contributed by atoms with Crippen LogP contribution < -0.4 is 10.6 Å². The Hall–Kier alpha value is -1.67. The molecule has 0 aromatic heterocycles. The van der Waals surface area contributed by atoms with Gasteiger partial charge < -0.3 is 25.6 Å². The van der Waals surface area contributed by atoms with Gasteiger partial charge in [0, 0.05) is 25.9 Å². The first-order valence-electron chi connectivity index (χ1n) is 8.56. The number of esters is 1. The van der Waals surface area contributed by atoms with Gasteiger partial charge in [0.15, 0.2) is 0 Å². The predicted molar refractivity (Wildman–Crippen MR) is 83.8 cm³/mol. The molecule has 4 atom stereocenters. The minimum Gasteiger partial charge on any atom is -0.460 e. The molecule has 4 N–H and O–H groups in total. The smallest absolute Gasteiger partial charge is 0.306 e. The fourth-order valence-electron chi connectivity index (χ4n) is 3.17. The third kappa shape index (κ3) is 5.45. The van der Waals surface area contributed by atoms with Crippen molar-refractivity contribution in [2.24, 2.45) is 0 Å². The molecule has 3 fully saturated rings. The number of nitrogens with one attached hydrogen (secondary N) is 2. The average Bonchev–Trinajstić information content (AvgIpc) is 3.27. The lowest BCUT2D eigenvalue weighted by Gasteiger charge is -2.16. The van der Waals surface area contributed by atoms with Crippen LogP contribution >= 0.6 is 0 Å². The van der Waals surface area contributed by atoms with Crippen LogP contribution in [0.3, 0.4) is 0 Å². The van der Waals surface area contributed by atoms with E-state index in [4.69, 9.17) is 9.84 Å². The second-order valence-electron chi connectivity index (χ2n) is 6.43. The van der Waals surface area contributed by atoms with Crippen molar-refractivity contribution in [3.8, 4) is 0 Å². The van der Waals surface area contributed by atoms with Crippen molar-refractivity contribution in [2.45, 2.75) is 75.7 Å². The van der Waals surface area contributed by atoms with Crippen LogP contribution in [0.2, 0.25) is 0 Å². The number of aliphatic hydroxyl groups is 2. The number of hydrogen-bond acceptors (Lipinski definition) is 6. The van der Waals surface area contributed by atoms with E-state index in [0.29, 0.717) is 38.5 Å². The lowest BCUT2D eigenvalue weighted by atomic mass is 10.1. The molecule has 3 saturated heterocycles. The van der Waals surface area contributed by atoms with E-state index in [1.54, 1.807) is 0 Å². The summed E-state index contributed by atoms with van der Waals surface area (Å²) in [5, 5.41) is 23.5. The molecule has 3 aliphatic rings. The first-order chi connectivity index (χ1) is 11.5. The van der Waals surface area contributed by atoms with E-state index in [0.717, 1.165) is 12.8 Å². The minimum absolute atomic E-state index is 0.0167. The van der Waals surface area contributed by atoms with E-state index in [1.807, 2.05) is 0 Å². The maximum atomic E-state index is 10.8. The molecular weight excluding hydrogens is 316 g/mol. The number of carbonyl (C=O) groups excluding carboxylic acids is 3. The highest BCUT2D eigenvalue weighted by Crippen LogP contribution is 2.22. The molecule has 24 heavy (non-hydrogen) atoms. The molecule has 0 aromatic rings. The van der Waals surface area contributed by atoms with Gasteiger partial charge in [0.05, 0.1) is 18.2 Å². The van der Waals surface area contributed by atoms with Crippen LogP contribution in [0, 0.1) is 0 Å². The largest absolute Gasteiger partial charge is 0.460 e. The van der Waals surface area contributed by atoms with Crippen LogP contribution in [0.4, 0.5) is 0 Å². The lowest BCUT2D eigenvalue weighted by molar-refractivity contribution is -0.142. The van der Waals surface area contributed by atoms with Crippen molar-refractivity contribution in [1.82, 2.24) is 10.6 Å². The summed E-state index contributed by atoms with van der Waals surface area (Å²) in [4.78, 5) is 32.4. The van der Waals surface area contributed by atoms with Crippen molar-refractivity contribution in [3.63, 3.8) is 0 Å². The molecule has 3 aliphatic heterocycles. The van der Waals surface area contributed by atoms with E-state index >= 15 is 0 Å². The standard InChI is InChI=1S/C8H11NO3.C8H15NO3/c10-7-3-1-5(9-7)6-2-4-8(11)12-6;10-5-1-2-7(11)6-3-4-8(12)9-6/h5-6H,1-4H2,(H,9,10);6-7,10-11H,1-5H2,(H,9,12). The molecule has 8 heteroatoms. The van der Waals surface area contributed by atoms with Crippen LogP contribution in [-0.4, -0.2) is 58.9 Å². The number of carbonyl (C=O) groups is 3. The molecule has 0 aromatic carbocycles. The molecule has 2 amide bonds. The zero-order valence-corrected chi connectivity index (χ0v) is 13.7. The van der Waals surface area contributed by atoms with Crippen LogP contribution in [-0.2, 0) is 19.1 Å². The molecule has 0 saturated carbocycles. The predicted octanol–water partition coefficient (Wildman–Crippen LogP) is -0.631. The number of aliphatic hydroxyl groups excluding tert-OH is 2. The van der Waals surface area contributed by atoms with Crippen LogP contribution in [0.15, 0.2) is 0 Å². The fourth-order valence-corrected chi connectivity index (χ4v) is 3.17. The number of rotatable bonds is 5. The second-order valence-corrected chi connectivity index (χ2v) is 6.43. The summed E-state index contributed by atoms with van der Waals surface area (Å²) in [6, 6.07) is -0.0204.